The van der Waals surface area contributed by atoms with Gasteiger partial charge in [-0.05, 0) is 17.7 Å². The molecule has 2 aromatic heterocycles. The van der Waals surface area contributed by atoms with Crippen molar-refractivity contribution >= 4 is 17.1 Å². The molecule has 0 amide bonds. The Morgan fingerprint density at radius 2 is 2.21 bits per heavy atom. The second-order valence-corrected chi connectivity index (χ2v) is 4.79. The van der Waals surface area contributed by atoms with Crippen LogP contribution in [0.15, 0.2) is 49.1 Å². The first kappa shape index (κ1) is 12.1. The van der Waals surface area contributed by atoms with Crippen molar-refractivity contribution in [1.29, 1.82) is 0 Å². The third kappa shape index (κ3) is 2.45. The third-order valence-corrected chi connectivity index (χ3v) is 3.27. The highest BCUT2D eigenvalue weighted by Gasteiger charge is 2.14. The van der Waals surface area contributed by atoms with Crippen LogP contribution in [0.25, 0.3) is 5.52 Å². The Labute approximate surface area is 115 Å². The maximum absolute atomic E-state index is 10.3. The first-order chi connectivity index (χ1) is 9.24. The minimum atomic E-state index is -0.625. The Morgan fingerprint density at radius 1 is 1.32 bits per heavy atom. The Hall–Kier alpha value is -1.91. The Morgan fingerprint density at radius 3 is 3.05 bits per heavy atom. The van der Waals surface area contributed by atoms with Crippen LogP contribution in [0.1, 0.15) is 17.2 Å². The molecule has 0 bridgehead atoms. The molecule has 96 valence electrons. The van der Waals surface area contributed by atoms with E-state index < -0.39 is 6.10 Å². The van der Waals surface area contributed by atoms with Crippen molar-refractivity contribution in [1.82, 2.24) is 14.6 Å². The summed E-state index contributed by atoms with van der Waals surface area (Å²) >= 11 is 5.94. The number of fused-ring (bicyclic) bond motifs is 1. The molecule has 0 radical (unpaired) electrons. The van der Waals surface area contributed by atoms with Gasteiger partial charge in [-0.25, -0.2) is 4.52 Å². The number of nitrogens with zero attached hydrogens (tertiary/aromatic N) is 3. The molecule has 0 fully saturated rings. The molecular formula is C14H12ClN3O. The Kier molecular flexibility index (Phi) is 3.19. The zero-order chi connectivity index (χ0) is 13.2. The van der Waals surface area contributed by atoms with E-state index in [9.17, 15) is 5.11 Å². The maximum atomic E-state index is 10.3. The van der Waals surface area contributed by atoms with Gasteiger partial charge in [0.05, 0.1) is 24.0 Å². The van der Waals surface area contributed by atoms with Crippen molar-refractivity contribution in [3.05, 3.63) is 65.2 Å². The number of hydrogen-bond donors (Lipinski definition) is 1. The molecule has 1 unspecified atom stereocenters. The van der Waals surface area contributed by atoms with Gasteiger partial charge in [-0.15, -0.1) is 0 Å². The fraction of sp³-hybridized carbons (Fsp3) is 0.143. The summed E-state index contributed by atoms with van der Waals surface area (Å²) in [5, 5.41) is 15.2. The zero-order valence-corrected chi connectivity index (χ0v) is 10.8. The van der Waals surface area contributed by atoms with Gasteiger partial charge >= 0.3 is 0 Å². The first-order valence-electron chi connectivity index (χ1n) is 5.94. The van der Waals surface area contributed by atoms with Gasteiger partial charge < -0.3 is 5.11 Å². The standard InChI is InChI=1S/C14H12ClN3O/c15-11-3-1-2-10(6-11)7-14(19)12-8-17-18-5-4-16-9-13(12)18/h1-6,8-9,14,19H,7H2. The number of rotatable bonds is 3. The van der Waals surface area contributed by atoms with Crippen LogP contribution in [0.4, 0.5) is 0 Å². The van der Waals surface area contributed by atoms with Gasteiger partial charge in [0.25, 0.3) is 0 Å². The monoisotopic (exact) mass is 273 g/mol. The first-order valence-corrected chi connectivity index (χ1v) is 6.31. The van der Waals surface area contributed by atoms with Crippen LogP contribution < -0.4 is 0 Å². The van der Waals surface area contributed by atoms with E-state index in [1.807, 2.05) is 24.3 Å². The molecule has 0 aliphatic heterocycles. The largest absolute Gasteiger partial charge is 0.388 e. The highest BCUT2D eigenvalue weighted by Crippen LogP contribution is 2.23. The predicted octanol–water partition coefficient (Wildman–Crippen LogP) is 2.66. The highest BCUT2D eigenvalue weighted by molar-refractivity contribution is 6.30. The van der Waals surface area contributed by atoms with Gasteiger partial charge in [-0.3, -0.25) is 4.98 Å². The van der Waals surface area contributed by atoms with E-state index in [1.165, 1.54) is 0 Å². The summed E-state index contributed by atoms with van der Waals surface area (Å²) in [7, 11) is 0. The molecule has 1 atom stereocenters. The summed E-state index contributed by atoms with van der Waals surface area (Å²) in [4.78, 5) is 4.06. The molecule has 1 aromatic carbocycles. The van der Waals surface area contributed by atoms with E-state index in [1.54, 1.807) is 29.3 Å². The van der Waals surface area contributed by atoms with E-state index in [0.717, 1.165) is 16.6 Å². The molecule has 19 heavy (non-hydrogen) atoms. The van der Waals surface area contributed by atoms with Gasteiger partial charge in [-0.1, -0.05) is 23.7 Å². The molecule has 2 heterocycles. The summed E-state index contributed by atoms with van der Waals surface area (Å²) in [6, 6.07) is 7.49. The lowest BCUT2D eigenvalue weighted by Crippen LogP contribution is -2.01. The van der Waals surface area contributed by atoms with Gasteiger partial charge in [-0.2, -0.15) is 5.10 Å². The number of benzene rings is 1. The van der Waals surface area contributed by atoms with Crippen molar-refractivity contribution in [3.8, 4) is 0 Å². The quantitative estimate of drug-likeness (QED) is 0.798. The molecule has 0 saturated heterocycles. The molecule has 3 rings (SSSR count). The van der Waals surface area contributed by atoms with Crippen LogP contribution in [0.3, 0.4) is 0 Å². The van der Waals surface area contributed by atoms with E-state index in [0.29, 0.717) is 11.4 Å². The van der Waals surface area contributed by atoms with Gasteiger partial charge in [0.15, 0.2) is 0 Å². The van der Waals surface area contributed by atoms with Crippen molar-refractivity contribution in [2.75, 3.05) is 0 Å². The lowest BCUT2D eigenvalue weighted by atomic mass is 10.0. The molecule has 0 spiro atoms. The second kappa shape index (κ2) is 4.99. The number of aromatic nitrogens is 3. The van der Waals surface area contributed by atoms with Crippen molar-refractivity contribution in [3.63, 3.8) is 0 Å². The minimum absolute atomic E-state index is 0.497. The van der Waals surface area contributed by atoms with Gasteiger partial charge in [0.1, 0.15) is 0 Å². The maximum Gasteiger partial charge on any atom is 0.0903 e. The molecule has 0 aliphatic rings. The summed E-state index contributed by atoms with van der Waals surface area (Å²) in [5.41, 5.74) is 2.58. The zero-order valence-electron chi connectivity index (χ0n) is 10.1. The number of hydrogen-bond acceptors (Lipinski definition) is 3. The Bertz CT molecular complexity index is 710. The minimum Gasteiger partial charge on any atom is -0.388 e. The van der Waals surface area contributed by atoms with Crippen LogP contribution in [0.5, 0.6) is 0 Å². The second-order valence-electron chi connectivity index (χ2n) is 4.36. The van der Waals surface area contributed by atoms with E-state index in [2.05, 4.69) is 10.1 Å². The lowest BCUT2D eigenvalue weighted by Gasteiger charge is -2.09. The summed E-state index contributed by atoms with van der Waals surface area (Å²) in [6.07, 6.45) is 6.66. The van der Waals surface area contributed by atoms with E-state index >= 15 is 0 Å². The Balaban J connectivity index is 1.90. The fourth-order valence-corrected chi connectivity index (χ4v) is 2.32. The smallest absolute Gasteiger partial charge is 0.0903 e. The number of halogens is 1. The number of aliphatic hydroxyl groups excluding tert-OH is 1. The lowest BCUT2D eigenvalue weighted by molar-refractivity contribution is 0.180. The summed E-state index contributed by atoms with van der Waals surface area (Å²) < 4.78 is 1.70. The van der Waals surface area contributed by atoms with Crippen LogP contribution in [0.2, 0.25) is 5.02 Å². The summed E-state index contributed by atoms with van der Waals surface area (Å²) in [6.45, 7) is 0. The molecule has 4 nitrogen and oxygen atoms in total. The molecule has 0 aliphatic carbocycles. The fourth-order valence-electron chi connectivity index (χ4n) is 2.11. The van der Waals surface area contributed by atoms with Crippen LogP contribution >= 0.6 is 11.6 Å². The van der Waals surface area contributed by atoms with E-state index in [-0.39, 0.29) is 0 Å². The van der Waals surface area contributed by atoms with Crippen molar-refractivity contribution in [2.45, 2.75) is 12.5 Å². The van der Waals surface area contributed by atoms with Gasteiger partial charge in [0, 0.05) is 29.4 Å². The topological polar surface area (TPSA) is 50.4 Å². The molecule has 5 heteroatoms. The molecule has 0 saturated carbocycles. The van der Waals surface area contributed by atoms with Crippen LogP contribution in [-0.2, 0) is 6.42 Å². The summed E-state index contributed by atoms with van der Waals surface area (Å²) in [5.74, 6) is 0. The van der Waals surface area contributed by atoms with Crippen molar-refractivity contribution in [2.24, 2.45) is 0 Å². The average Bonchev–Trinajstić information content (AvgIpc) is 2.82. The molecular weight excluding hydrogens is 262 g/mol. The van der Waals surface area contributed by atoms with Crippen LogP contribution in [-0.4, -0.2) is 19.7 Å². The number of aliphatic hydroxyl groups is 1. The van der Waals surface area contributed by atoms with Crippen LogP contribution in [0, 0.1) is 0 Å². The normalized spacial score (nSPS) is 12.7. The molecule has 1 N–H and O–H groups in total. The van der Waals surface area contributed by atoms with Crippen molar-refractivity contribution < 1.29 is 5.11 Å². The van der Waals surface area contributed by atoms with Gasteiger partial charge in [0.2, 0.25) is 0 Å². The average molecular weight is 274 g/mol. The third-order valence-electron chi connectivity index (χ3n) is 3.03. The molecule has 3 aromatic rings. The predicted molar refractivity (Wildman–Crippen MR) is 73.1 cm³/mol. The SMILES string of the molecule is OC(Cc1cccc(Cl)c1)c1cnn2ccncc12. The van der Waals surface area contributed by atoms with E-state index in [4.69, 9.17) is 11.6 Å². The highest BCUT2D eigenvalue weighted by atomic mass is 35.5.